The van der Waals surface area contributed by atoms with Crippen LogP contribution in [-0.4, -0.2) is 63.2 Å². The van der Waals surface area contributed by atoms with Crippen molar-refractivity contribution in [2.45, 2.75) is 12.1 Å². The van der Waals surface area contributed by atoms with Crippen LogP contribution in [0.25, 0.3) is 0 Å². The molecule has 2 heterocycles. The fourth-order valence-corrected chi connectivity index (χ4v) is 3.46. The van der Waals surface area contributed by atoms with Gasteiger partial charge < -0.3 is 10.5 Å². The van der Waals surface area contributed by atoms with Crippen molar-refractivity contribution in [3.63, 3.8) is 0 Å². The summed E-state index contributed by atoms with van der Waals surface area (Å²) < 4.78 is 27.4. The quantitative estimate of drug-likeness (QED) is 0.609. The summed E-state index contributed by atoms with van der Waals surface area (Å²) in [5.74, 6) is 0.620. The van der Waals surface area contributed by atoms with Gasteiger partial charge in [0.1, 0.15) is 0 Å². The molecular formula is C8H16N2O3S. The standard InChI is InChI=1S/C8H16N2O3S/c9-3-8-4-10(1-2-13-8)7-5-14(11,12)6-7/h7-8H,1-6,9H2. The second-order valence-electron chi connectivity index (χ2n) is 3.95. The number of nitrogens with two attached hydrogens (primary N) is 1. The SMILES string of the molecule is NCC1CN(C2CS(=O)(=O)C2)CCO1. The van der Waals surface area contributed by atoms with Crippen molar-refractivity contribution in [2.75, 3.05) is 37.7 Å². The van der Waals surface area contributed by atoms with E-state index in [1.807, 2.05) is 0 Å². The van der Waals surface area contributed by atoms with Crippen LogP contribution < -0.4 is 5.73 Å². The van der Waals surface area contributed by atoms with E-state index in [0.717, 1.165) is 13.1 Å². The Morgan fingerprint density at radius 2 is 2.14 bits per heavy atom. The van der Waals surface area contributed by atoms with Crippen LogP contribution in [0.15, 0.2) is 0 Å². The normalized spacial score (nSPS) is 33.9. The second kappa shape index (κ2) is 3.77. The minimum atomic E-state index is -2.72. The van der Waals surface area contributed by atoms with Gasteiger partial charge >= 0.3 is 0 Å². The van der Waals surface area contributed by atoms with Crippen LogP contribution in [0.4, 0.5) is 0 Å². The largest absolute Gasteiger partial charge is 0.374 e. The molecule has 2 fully saturated rings. The molecule has 0 aromatic heterocycles. The van der Waals surface area contributed by atoms with E-state index in [1.165, 1.54) is 0 Å². The minimum absolute atomic E-state index is 0.0760. The lowest BCUT2D eigenvalue weighted by molar-refractivity contribution is -0.0343. The van der Waals surface area contributed by atoms with Crippen LogP contribution in [0.3, 0.4) is 0 Å². The predicted molar refractivity (Wildman–Crippen MR) is 52.8 cm³/mol. The van der Waals surface area contributed by atoms with Gasteiger partial charge in [-0.15, -0.1) is 0 Å². The van der Waals surface area contributed by atoms with Crippen LogP contribution in [0.5, 0.6) is 0 Å². The van der Waals surface area contributed by atoms with Gasteiger partial charge in [-0.25, -0.2) is 8.42 Å². The molecule has 0 radical (unpaired) electrons. The lowest BCUT2D eigenvalue weighted by atomic mass is 10.2. The number of sulfone groups is 1. The van der Waals surface area contributed by atoms with Crippen molar-refractivity contribution < 1.29 is 13.2 Å². The Labute approximate surface area is 84.1 Å². The van der Waals surface area contributed by atoms with Crippen molar-refractivity contribution in [3.05, 3.63) is 0 Å². The fourth-order valence-electron chi connectivity index (χ4n) is 1.96. The van der Waals surface area contributed by atoms with Crippen LogP contribution in [-0.2, 0) is 14.6 Å². The van der Waals surface area contributed by atoms with Crippen LogP contribution in [0.2, 0.25) is 0 Å². The molecule has 1 unspecified atom stereocenters. The molecule has 0 aliphatic carbocycles. The molecule has 0 saturated carbocycles. The van der Waals surface area contributed by atoms with E-state index in [1.54, 1.807) is 0 Å². The smallest absolute Gasteiger partial charge is 0.153 e. The summed E-state index contributed by atoms with van der Waals surface area (Å²) in [5, 5.41) is 0. The zero-order valence-corrected chi connectivity index (χ0v) is 8.87. The van der Waals surface area contributed by atoms with E-state index in [-0.39, 0.29) is 12.1 Å². The van der Waals surface area contributed by atoms with E-state index in [4.69, 9.17) is 10.5 Å². The first-order chi connectivity index (χ1) is 6.61. The molecule has 2 aliphatic heterocycles. The Morgan fingerprint density at radius 1 is 1.43 bits per heavy atom. The molecule has 6 heteroatoms. The van der Waals surface area contributed by atoms with Crippen molar-refractivity contribution in [3.8, 4) is 0 Å². The monoisotopic (exact) mass is 220 g/mol. The number of hydrogen-bond donors (Lipinski definition) is 1. The molecule has 2 rings (SSSR count). The van der Waals surface area contributed by atoms with Crippen molar-refractivity contribution in [1.29, 1.82) is 0 Å². The summed E-state index contributed by atoms with van der Waals surface area (Å²) in [6.45, 7) is 2.78. The number of rotatable bonds is 2. The Hall–Kier alpha value is -0.170. The van der Waals surface area contributed by atoms with Gasteiger partial charge in [0, 0.05) is 25.7 Å². The maximum absolute atomic E-state index is 11.0. The number of ether oxygens (including phenoxy) is 1. The van der Waals surface area contributed by atoms with Crippen LogP contribution in [0.1, 0.15) is 0 Å². The molecule has 0 amide bonds. The van der Waals surface area contributed by atoms with Gasteiger partial charge in [0.25, 0.3) is 0 Å². The average Bonchev–Trinajstić information content (AvgIpc) is 2.14. The van der Waals surface area contributed by atoms with Gasteiger partial charge in [-0.3, -0.25) is 4.90 Å². The molecule has 2 N–H and O–H groups in total. The fraction of sp³-hybridized carbons (Fsp3) is 1.00. The summed E-state index contributed by atoms with van der Waals surface area (Å²) >= 11 is 0. The molecule has 5 nitrogen and oxygen atoms in total. The second-order valence-corrected chi connectivity index (χ2v) is 6.11. The summed E-state index contributed by atoms with van der Waals surface area (Å²) in [6.07, 6.45) is 0.0760. The maximum atomic E-state index is 11.0. The highest BCUT2D eigenvalue weighted by Gasteiger charge is 2.39. The van der Waals surface area contributed by atoms with E-state index in [9.17, 15) is 8.42 Å². The number of nitrogens with zero attached hydrogens (tertiary/aromatic N) is 1. The highest BCUT2D eigenvalue weighted by molar-refractivity contribution is 7.92. The molecular weight excluding hydrogens is 204 g/mol. The lowest BCUT2D eigenvalue weighted by Crippen LogP contribution is -2.58. The molecule has 14 heavy (non-hydrogen) atoms. The number of hydrogen-bond acceptors (Lipinski definition) is 5. The van der Waals surface area contributed by atoms with Gasteiger partial charge in [0.05, 0.1) is 24.2 Å². The Morgan fingerprint density at radius 3 is 2.71 bits per heavy atom. The zero-order valence-electron chi connectivity index (χ0n) is 8.05. The number of morpholine rings is 1. The first kappa shape index (κ1) is 10.4. The molecule has 2 aliphatic rings. The summed E-state index contributed by atoms with van der Waals surface area (Å²) in [7, 11) is -2.72. The molecule has 0 bridgehead atoms. The molecule has 0 spiro atoms. The van der Waals surface area contributed by atoms with Gasteiger partial charge in [0.15, 0.2) is 9.84 Å². The molecule has 2 saturated heterocycles. The van der Waals surface area contributed by atoms with Gasteiger partial charge in [-0.1, -0.05) is 0 Å². The van der Waals surface area contributed by atoms with Crippen molar-refractivity contribution in [1.82, 2.24) is 4.90 Å². The van der Waals surface area contributed by atoms with Gasteiger partial charge in [-0.05, 0) is 0 Å². The van der Waals surface area contributed by atoms with Crippen LogP contribution >= 0.6 is 0 Å². The van der Waals surface area contributed by atoms with Crippen molar-refractivity contribution >= 4 is 9.84 Å². The lowest BCUT2D eigenvalue weighted by Gasteiger charge is -2.41. The summed E-state index contributed by atoms with van der Waals surface area (Å²) in [4.78, 5) is 2.18. The summed E-state index contributed by atoms with van der Waals surface area (Å²) in [6, 6.07) is 0.206. The highest BCUT2D eigenvalue weighted by atomic mass is 32.2. The van der Waals surface area contributed by atoms with Crippen molar-refractivity contribution in [2.24, 2.45) is 5.73 Å². The van der Waals surface area contributed by atoms with E-state index >= 15 is 0 Å². The Bertz CT molecular complexity index is 292. The Kier molecular flexibility index (Phi) is 2.79. The third kappa shape index (κ3) is 2.08. The van der Waals surface area contributed by atoms with E-state index in [0.29, 0.717) is 24.7 Å². The third-order valence-electron chi connectivity index (χ3n) is 2.84. The minimum Gasteiger partial charge on any atom is -0.374 e. The maximum Gasteiger partial charge on any atom is 0.153 e. The van der Waals surface area contributed by atoms with Gasteiger partial charge in [0.2, 0.25) is 0 Å². The highest BCUT2D eigenvalue weighted by Crippen LogP contribution is 2.19. The first-order valence-electron chi connectivity index (χ1n) is 4.87. The van der Waals surface area contributed by atoms with E-state index in [2.05, 4.69) is 4.90 Å². The molecule has 82 valence electrons. The average molecular weight is 220 g/mol. The molecule has 1 atom stereocenters. The topological polar surface area (TPSA) is 72.6 Å². The van der Waals surface area contributed by atoms with Gasteiger partial charge in [-0.2, -0.15) is 0 Å². The van der Waals surface area contributed by atoms with E-state index < -0.39 is 9.84 Å². The van der Waals surface area contributed by atoms with Crippen LogP contribution in [0, 0.1) is 0 Å². The Balaban J connectivity index is 1.87. The summed E-state index contributed by atoms with van der Waals surface area (Å²) in [5.41, 5.74) is 5.51. The molecule has 0 aromatic carbocycles. The first-order valence-corrected chi connectivity index (χ1v) is 6.69. The zero-order chi connectivity index (χ0) is 10.2. The molecule has 0 aromatic rings. The predicted octanol–water partition coefficient (Wildman–Crippen LogP) is -1.56. The third-order valence-corrected chi connectivity index (χ3v) is 4.63.